The maximum atomic E-state index is 14.3. The van der Waals surface area contributed by atoms with Crippen LogP contribution in [0.25, 0.3) is 0 Å². The highest BCUT2D eigenvalue weighted by atomic mass is 19.1. The Morgan fingerprint density at radius 1 is 1.40 bits per heavy atom. The number of anilines is 1. The molecule has 1 heterocycles. The van der Waals surface area contributed by atoms with E-state index < -0.39 is 0 Å². The number of hydrogen-bond donors (Lipinski definition) is 1. The van der Waals surface area contributed by atoms with E-state index in [2.05, 4.69) is 31.0 Å². The van der Waals surface area contributed by atoms with E-state index in [9.17, 15) is 4.39 Å². The molecule has 2 rings (SSSR count). The standard InChI is InChI=1S/C17H27FN2/c1-4-9-19-11-14-6-5-7-16(18)17(14)20-10-8-15(12-20)13(2)3/h5-7,13,15,19H,4,8-12H2,1-3H3. The predicted octanol–water partition coefficient (Wildman–Crippen LogP) is 3.81. The van der Waals surface area contributed by atoms with E-state index in [0.717, 1.165) is 43.9 Å². The summed E-state index contributed by atoms with van der Waals surface area (Å²) in [5.41, 5.74) is 1.90. The summed E-state index contributed by atoms with van der Waals surface area (Å²) in [5.74, 6) is 1.28. The zero-order valence-electron chi connectivity index (χ0n) is 13.0. The Bertz CT molecular complexity index is 431. The smallest absolute Gasteiger partial charge is 0.146 e. The zero-order valence-corrected chi connectivity index (χ0v) is 13.0. The number of halogens is 1. The van der Waals surface area contributed by atoms with Crippen molar-refractivity contribution in [2.45, 2.75) is 40.2 Å². The van der Waals surface area contributed by atoms with Crippen LogP contribution in [0.2, 0.25) is 0 Å². The molecular formula is C17H27FN2. The van der Waals surface area contributed by atoms with E-state index in [1.54, 1.807) is 6.07 Å². The first-order valence-electron chi connectivity index (χ1n) is 7.86. The lowest BCUT2D eigenvalue weighted by molar-refractivity contribution is 0.422. The third kappa shape index (κ3) is 3.51. The van der Waals surface area contributed by atoms with Crippen LogP contribution in [0.5, 0.6) is 0 Å². The summed E-state index contributed by atoms with van der Waals surface area (Å²) in [7, 11) is 0. The van der Waals surface area contributed by atoms with Crippen molar-refractivity contribution < 1.29 is 4.39 Å². The van der Waals surface area contributed by atoms with E-state index in [-0.39, 0.29) is 5.82 Å². The van der Waals surface area contributed by atoms with Crippen LogP contribution in [-0.2, 0) is 6.54 Å². The van der Waals surface area contributed by atoms with Crippen molar-refractivity contribution in [2.75, 3.05) is 24.5 Å². The second-order valence-electron chi connectivity index (χ2n) is 6.16. The van der Waals surface area contributed by atoms with Gasteiger partial charge in [0.1, 0.15) is 5.82 Å². The van der Waals surface area contributed by atoms with Gasteiger partial charge < -0.3 is 10.2 Å². The van der Waals surface area contributed by atoms with Gasteiger partial charge >= 0.3 is 0 Å². The molecule has 112 valence electrons. The molecule has 1 N–H and O–H groups in total. The first-order valence-corrected chi connectivity index (χ1v) is 7.86. The molecule has 0 spiro atoms. The van der Waals surface area contributed by atoms with Gasteiger partial charge in [0, 0.05) is 19.6 Å². The number of hydrogen-bond acceptors (Lipinski definition) is 2. The van der Waals surface area contributed by atoms with Gasteiger partial charge in [-0.2, -0.15) is 0 Å². The minimum atomic E-state index is -0.0785. The summed E-state index contributed by atoms with van der Waals surface area (Å²) in [6.07, 6.45) is 2.28. The second-order valence-corrected chi connectivity index (χ2v) is 6.16. The van der Waals surface area contributed by atoms with Gasteiger partial charge in [-0.05, 0) is 42.9 Å². The van der Waals surface area contributed by atoms with E-state index >= 15 is 0 Å². The van der Waals surface area contributed by atoms with E-state index in [0.29, 0.717) is 11.8 Å². The second kappa shape index (κ2) is 7.07. The molecular weight excluding hydrogens is 251 g/mol. The van der Waals surface area contributed by atoms with Gasteiger partial charge in [-0.15, -0.1) is 0 Å². The first-order chi connectivity index (χ1) is 9.63. The van der Waals surface area contributed by atoms with E-state index in [1.807, 2.05) is 12.1 Å². The lowest BCUT2D eigenvalue weighted by Crippen LogP contribution is -2.25. The van der Waals surface area contributed by atoms with Crippen LogP contribution >= 0.6 is 0 Å². The Balaban J connectivity index is 2.13. The molecule has 0 radical (unpaired) electrons. The maximum Gasteiger partial charge on any atom is 0.146 e. The fourth-order valence-corrected chi connectivity index (χ4v) is 2.99. The lowest BCUT2D eigenvalue weighted by Gasteiger charge is -2.24. The highest BCUT2D eigenvalue weighted by molar-refractivity contribution is 5.55. The third-order valence-electron chi connectivity index (χ3n) is 4.30. The molecule has 1 atom stereocenters. The van der Waals surface area contributed by atoms with Crippen molar-refractivity contribution in [3.63, 3.8) is 0 Å². The zero-order chi connectivity index (χ0) is 14.5. The lowest BCUT2D eigenvalue weighted by atomic mass is 9.95. The number of rotatable bonds is 6. The number of benzene rings is 1. The maximum absolute atomic E-state index is 14.3. The molecule has 1 saturated heterocycles. The van der Waals surface area contributed by atoms with Crippen LogP contribution < -0.4 is 10.2 Å². The molecule has 1 aromatic rings. The fraction of sp³-hybridized carbons (Fsp3) is 0.647. The van der Waals surface area contributed by atoms with Crippen LogP contribution in [0, 0.1) is 17.7 Å². The van der Waals surface area contributed by atoms with Gasteiger partial charge in [-0.3, -0.25) is 0 Å². The summed E-state index contributed by atoms with van der Waals surface area (Å²) in [6.45, 7) is 10.4. The summed E-state index contributed by atoms with van der Waals surface area (Å²) in [5, 5.41) is 3.38. The molecule has 0 aromatic heterocycles. The van der Waals surface area contributed by atoms with Crippen LogP contribution in [0.15, 0.2) is 18.2 Å². The Morgan fingerprint density at radius 2 is 2.20 bits per heavy atom. The SMILES string of the molecule is CCCNCc1cccc(F)c1N1CCC(C(C)C)C1. The average molecular weight is 278 g/mol. The number of nitrogens with one attached hydrogen (secondary N) is 1. The molecule has 20 heavy (non-hydrogen) atoms. The number of para-hydroxylation sites is 1. The average Bonchev–Trinajstić information content (AvgIpc) is 2.88. The molecule has 1 aliphatic rings. The Labute approximate surface area is 122 Å². The van der Waals surface area contributed by atoms with E-state index in [1.165, 1.54) is 6.42 Å². The Kier molecular flexibility index (Phi) is 5.41. The molecule has 1 aliphatic heterocycles. The molecule has 2 nitrogen and oxygen atoms in total. The minimum Gasteiger partial charge on any atom is -0.369 e. The minimum absolute atomic E-state index is 0.0785. The molecule has 0 aliphatic carbocycles. The molecule has 0 amide bonds. The van der Waals surface area contributed by atoms with Crippen molar-refractivity contribution in [2.24, 2.45) is 11.8 Å². The van der Waals surface area contributed by atoms with Gasteiger partial charge in [0.15, 0.2) is 0 Å². The molecule has 0 saturated carbocycles. The molecule has 1 unspecified atom stereocenters. The Hall–Kier alpha value is -1.09. The molecule has 1 fully saturated rings. The predicted molar refractivity (Wildman–Crippen MR) is 83.6 cm³/mol. The third-order valence-corrected chi connectivity index (χ3v) is 4.30. The van der Waals surface area contributed by atoms with Gasteiger partial charge in [0.2, 0.25) is 0 Å². The quantitative estimate of drug-likeness (QED) is 0.796. The number of nitrogens with zero attached hydrogens (tertiary/aromatic N) is 1. The summed E-state index contributed by atoms with van der Waals surface area (Å²) >= 11 is 0. The van der Waals surface area contributed by atoms with Crippen molar-refractivity contribution in [3.8, 4) is 0 Å². The van der Waals surface area contributed by atoms with E-state index in [4.69, 9.17) is 0 Å². The van der Waals surface area contributed by atoms with Crippen molar-refractivity contribution in [1.82, 2.24) is 5.32 Å². The summed E-state index contributed by atoms with van der Waals surface area (Å²) in [4.78, 5) is 2.24. The summed E-state index contributed by atoms with van der Waals surface area (Å²) < 4.78 is 14.3. The van der Waals surface area contributed by atoms with Gasteiger partial charge in [-0.1, -0.05) is 32.9 Å². The largest absolute Gasteiger partial charge is 0.369 e. The topological polar surface area (TPSA) is 15.3 Å². The summed E-state index contributed by atoms with van der Waals surface area (Å²) in [6, 6.07) is 5.45. The van der Waals surface area contributed by atoms with Crippen LogP contribution in [0.3, 0.4) is 0 Å². The van der Waals surface area contributed by atoms with Crippen molar-refractivity contribution in [1.29, 1.82) is 0 Å². The van der Waals surface area contributed by atoms with Crippen LogP contribution in [0.4, 0.5) is 10.1 Å². The Morgan fingerprint density at radius 3 is 2.85 bits per heavy atom. The highest BCUT2D eigenvalue weighted by Crippen LogP contribution is 2.32. The van der Waals surface area contributed by atoms with Crippen molar-refractivity contribution in [3.05, 3.63) is 29.6 Å². The van der Waals surface area contributed by atoms with Crippen LogP contribution in [0.1, 0.15) is 39.2 Å². The molecule has 1 aromatic carbocycles. The fourth-order valence-electron chi connectivity index (χ4n) is 2.99. The highest BCUT2D eigenvalue weighted by Gasteiger charge is 2.27. The van der Waals surface area contributed by atoms with Gasteiger partial charge in [0.05, 0.1) is 5.69 Å². The first kappa shape index (κ1) is 15.3. The van der Waals surface area contributed by atoms with Gasteiger partial charge in [-0.25, -0.2) is 4.39 Å². The van der Waals surface area contributed by atoms with Crippen molar-refractivity contribution >= 4 is 5.69 Å². The molecule has 0 bridgehead atoms. The van der Waals surface area contributed by atoms with Crippen LogP contribution in [-0.4, -0.2) is 19.6 Å². The van der Waals surface area contributed by atoms with Gasteiger partial charge in [0.25, 0.3) is 0 Å². The molecule has 3 heteroatoms. The monoisotopic (exact) mass is 278 g/mol. The normalized spacial score (nSPS) is 19.1.